The van der Waals surface area contributed by atoms with Gasteiger partial charge in [0.1, 0.15) is 5.58 Å². The summed E-state index contributed by atoms with van der Waals surface area (Å²) < 4.78 is 9.13. The molecule has 0 radical (unpaired) electrons. The van der Waals surface area contributed by atoms with Gasteiger partial charge in [-0.25, -0.2) is 0 Å². The van der Waals surface area contributed by atoms with Crippen LogP contribution in [0.3, 0.4) is 0 Å². The number of rotatable bonds is 5. The maximum atomic E-state index is 6.77. The summed E-state index contributed by atoms with van der Waals surface area (Å²) in [6, 6.07) is 64.8. The van der Waals surface area contributed by atoms with Crippen molar-refractivity contribution in [1.29, 1.82) is 0 Å². The van der Waals surface area contributed by atoms with Crippen molar-refractivity contribution < 1.29 is 4.42 Å². The van der Waals surface area contributed by atoms with Crippen molar-refractivity contribution in [2.24, 2.45) is 0 Å². The number of furan rings is 1. The van der Waals surface area contributed by atoms with E-state index in [1.807, 2.05) is 0 Å². The fourth-order valence-corrected chi connectivity index (χ4v) is 7.55. The highest BCUT2D eigenvalue weighted by Crippen LogP contribution is 2.44. The van der Waals surface area contributed by atoms with Crippen molar-refractivity contribution in [1.82, 2.24) is 4.57 Å². The van der Waals surface area contributed by atoms with E-state index in [2.05, 4.69) is 191 Å². The van der Waals surface area contributed by atoms with Gasteiger partial charge in [-0.2, -0.15) is 0 Å². The minimum atomic E-state index is 0.873. The Labute approximate surface area is 283 Å². The van der Waals surface area contributed by atoms with Gasteiger partial charge in [0.15, 0.2) is 5.58 Å². The van der Waals surface area contributed by atoms with Gasteiger partial charge in [-0.3, -0.25) is 0 Å². The summed E-state index contributed by atoms with van der Waals surface area (Å²) in [6.07, 6.45) is 0. The standard InChI is InChI=1S/C46H30N2O/c1-4-13-34(14-5-1)47(35-15-6-2-7-16-35)43-22-12-20-38-45-39-29-32(24-23-31(39)26-28-44(45)49-46(38)43)33-25-27-42-40(30-33)37-19-10-11-21-41(37)48(42)36-17-8-3-9-18-36/h1-30H. The van der Waals surface area contributed by atoms with Crippen molar-refractivity contribution in [2.75, 3.05) is 4.90 Å². The lowest BCUT2D eigenvalue weighted by molar-refractivity contribution is 0.669. The molecule has 3 heteroatoms. The normalized spacial score (nSPS) is 11.7. The van der Waals surface area contributed by atoms with Crippen LogP contribution in [0.2, 0.25) is 0 Å². The Kier molecular flexibility index (Phi) is 6.18. The number of aromatic nitrogens is 1. The third-order valence-corrected chi connectivity index (χ3v) is 9.75. The largest absolute Gasteiger partial charge is 0.454 e. The van der Waals surface area contributed by atoms with Crippen molar-refractivity contribution in [3.63, 3.8) is 0 Å². The Morgan fingerprint density at radius 2 is 1.02 bits per heavy atom. The van der Waals surface area contributed by atoms with Crippen LogP contribution < -0.4 is 4.90 Å². The van der Waals surface area contributed by atoms with E-state index in [0.29, 0.717) is 0 Å². The molecule has 0 aliphatic heterocycles. The summed E-state index contributed by atoms with van der Waals surface area (Å²) in [7, 11) is 0. The minimum Gasteiger partial charge on any atom is -0.454 e. The Balaban J connectivity index is 1.17. The number of fused-ring (bicyclic) bond motifs is 8. The third kappa shape index (κ3) is 4.37. The average Bonchev–Trinajstić information content (AvgIpc) is 3.72. The van der Waals surface area contributed by atoms with E-state index in [9.17, 15) is 0 Å². The zero-order chi connectivity index (χ0) is 32.3. The Bertz CT molecular complexity index is 2770. The van der Waals surface area contributed by atoms with Gasteiger partial charge in [0, 0.05) is 38.6 Å². The SMILES string of the molecule is c1ccc(N(c2ccccc2)c2cccc3c2oc2ccc4ccc(-c5ccc6c(c5)c5ccccc5n6-c5ccccc5)cc4c23)cc1. The molecule has 0 fully saturated rings. The Morgan fingerprint density at radius 1 is 0.429 bits per heavy atom. The highest BCUT2D eigenvalue weighted by atomic mass is 16.3. The van der Waals surface area contributed by atoms with Gasteiger partial charge < -0.3 is 13.9 Å². The number of anilines is 3. The highest BCUT2D eigenvalue weighted by molar-refractivity contribution is 6.21. The van der Waals surface area contributed by atoms with E-state index < -0.39 is 0 Å². The van der Waals surface area contributed by atoms with Gasteiger partial charge in [-0.15, -0.1) is 0 Å². The molecule has 0 N–H and O–H groups in total. The summed E-state index contributed by atoms with van der Waals surface area (Å²) in [6.45, 7) is 0. The van der Waals surface area contributed by atoms with Gasteiger partial charge >= 0.3 is 0 Å². The Hall–Kier alpha value is -6.58. The molecule has 0 amide bonds. The van der Waals surface area contributed by atoms with Crippen LogP contribution in [0.15, 0.2) is 186 Å². The lowest BCUT2D eigenvalue weighted by Gasteiger charge is -2.25. The predicted molar refractivity (Wildman–Crippen MR) is 206 cm³/mol. The molecule has 8 aromatic carbocycles. The first-order valence-corrected chi connectivity index (χ1v) is 16.7. The number of para-hydroxylation sites is 5. The second-order valence-electron chi connectivity index (χ2n) is 12.6. The maximum Gasteiger partial charge on any atom is 0.159 e. The monoisotopic (exact) mass is 626 g/mol. The average molecular weight is 627 g/mol. The minimum absolute atomic E-state index is 0.873. The summed E-state index contributed by atoms with van der Waals surface area (Å²) >= 11 is 0. The number of nitrogens with zero attached hydrogens (tertiary/aromatic N) is 2. The first-order valence-electron chi connectivity index (χ1n) is 16.7. The maximum absolute atomic E-state index is 6.77. The molecular weight excluding hydrogens is 597 g/mol. The van der Waals surface area contributed by atoms with Crippen LogP contribution in [-0.2, 0) is 0 Å². The fraction of sp³-hybridized carbons (Fsp3) is 0. The van der Waals surface area contributed by atoms with Crippen LogP contribution in [0.1, 0.15) is 0 Å². The molecule has 0 saturated heterocycles. The fourth-order valence-electron chi connectivity index (χ4n) is 7.55. The molecule has 0 aliphatic rings. The zero-order valence-electron chi connectivity index (χ0n) is 26.6. The van der Waals surface area contributed by atoms with Crippen LogP contribution in [0.25, 0.3) is 71.3 Å². The van der Waals surface area contributed by atoms with Crippen molar-refractivity contribution in [2.45, 2.75) is 0 Å². The van der Waals surface area contributed by atoms with E-state index in [0.717, 1.165) is 39.0 Å². The number of benzene rings is 8. The molecule has 49 heavy (non-hydrogen) atoms. The lowest BCUT2D eigenvalue weighted by Crippen LogP contribution is -2.09. The molecule has 0 spiro atoms. The van der Waals surface area contributed by atoms with E-state index in [1.165, 1.54) is 49.4 Å². The van der Waals surface area contributed by atoms with Crippen molar-refractivity contribution >= 4 is 71.6 Å². The van der Waals surface area contributed by atoms with E-state index in [4.69, 9.17) is 4.42 Å². The summed E-state index contributed by atoms with van der Waals surface area (Å²) in [5.74, 6) is 0. The third-order valence-electron chi connectivity index (χ3n) is 9.75. The molecule has 3 nitrogen and oxygen atoms in total. The number of hydrogen-bond donors (Lipinski definition) is 0. The topological polar surface area (TPSA) is 21.3 Å². The quantitative estimate of drug-likeness (QED) is 0.190. The number of hydrogen-bond acceptors (Lipinski definition) is 2. The van der Waals surface area contributed by atoms with E-state index in [-0.39, 0.29) is 0 Å². The molecule has 0 aliphatic carbocycles. The van der Waals surface area contributed by atoms with Crippen LogP contribution in [0.4, 0.5) is 17.1 Å². The van der Waals surface area contributed by atoms with Gasteiger partial charge in [0.2, 0.25) is 0 Å². The second kappa shape index (κ2) is 11.0. The summed E-state index contributed by atoms with van der Waals surface area (Å²) in [5, 5.41) is 7.11. The smallest absolute Gasteiger partial charge is 0.159 e. The second-order valence-corrected chi connectivity index (χ2v) is 12.6. The lowest BCUT2D eigenvalue weighted by atomic mass is 9.97. The summed E-state index contributed by atoms with van der Waals surface area (Å²) in [4.78, 5) is 2.28. The Morgan fingerprint density at radius 3 is 1.78 bits per heavy atom. The molecule has 2 heterocycles. The van der Waals surface area contributed by atoms with Crippen LogP contribution in [0, 0.1) is 0 Å². The van der Waals surface area contributed by atoms with Crippen LogP contribution in [0.5, 0.6) is 0 Å². The molecule has 10 aromatic rings. The molecule has 0 bridgehead atoms. The van der Waals surface area contributed by atoms with E-state index in [1.54, 1.807) is 0 Å². The molecule has 230 valence electrons. The van der Waals surface area contributed by atoms with Gasteiger partial charge in [-0.1, -0.05) is 109 Å². The summed E-state index contributed by atoms with van der Waals surface area (Å²) in [5.41, 5.74) is 10.9. The molecule has 10 rings (SSSR count). The molecule has 0 unspecified atom stereocenters. The molecule has 0 atom stereocenters. The van der Waals surface area contributed by atoms with Gasteiger partial charge in [0.05, 0.1) is 16.7 Å². The van der Waals surface area contributed by atoms with Crippen LogP contribution in [-0.4, -0.2) is 4.57 Å². The molecule has 2 aromatic heterocycles. The predicted octanol–water partition coefficient (Wildman–Crippen LogP) is 13.0. The van der Waals surface area contributed by atoms with E-state index >= 15 is 0 Å². The first-order chi connectivity index (χ1) is 24.3. The first kappa shape index (κ1) is 27.5. The van der Waals surface area contributed by atoms with Crippen molar-refractivity contribution in [3.05, 3.63) is 182 Å². The molecular formula is C46H30N2O. The highest BCUT2D eigenvalue weighted by Gasteiger charge is 2.20. The van der Waals surface area contributed by atoms with Crippen LogP contribution >= 0.6 is 0 Å². The van der Waals surface area contributed by atoms with Crippen molar-refractivity contribution in [3.8, 4) is 16.8 Å². The van der Waals surface area contributed by atoms with Gasteiger partial charge in [-0.05, 0) is 94.7 Å². The van der Waals surface area contributed by atoms with Gasteiger partial charge in [0.25, 0.3) is 0 Å². The molecule has 0 saturated carbocycles. The zero-order valence-corrected chi connectivity index (χ0v) is 26.6.